The van der Waals surface area contributed by atoms with Crippen LogP contribution < -0.4 is 0 Å². The molecule has 1 heterocycles. The topological polar surface area (TPSA) is 46.9 Å². The molecule has 1 N–H and O–H groups in total. The van der Waals surface area contributed by atoms with Gasteiger partial charge in [-0.2, -0.15) is 0 Å². The fourth-order valence-corrected chi connectivity index (χ4v) is 2.58. The molecule has 132 valence electrons. The fourth-order valence-electron chi connectivity index (χ4n) is 2.58. The van der Waals surface area contributed by atoms with E-state index < -0.39 is 6.10 Å². The van der Waals surface area contributed by atoms with Crippen molar-refractivity contribution in [2.45, 2.75) is 19.3 Å². The number of aliphatic hydroxyl groups excluding tert-OH is 1. The van der Waals surface area contributed by atoms with Crippen LogP contribution >= 0.6 is 0 Å². The highest BCUT2D eigenvalue weighted by Crippen LogP contribution is 2.07. The zero-order valence-corrected chi connectivity index (χ0v) is 14.6. The molecule has 2 rings (SSSR count). The van der Waals surface area contributed by atoms with E-state index in [1.807, 2.05) is 49.6 Å². The molecule has 0 aliphatic carbocycles. The smallest absolute Gasteiger partial charge is 0.0900 e. The maximum Gasteiger partial charge on any atom is 0.0900 e. The summed E-state index contributed by atoms with van der Waals surface area (Å²) in [6, 6.07) is 14.1. The lowest BCUT2D eigenvalue weighted by Crippen LogP contribution is -2.37. The van der Waals surface area contributed by atoms with Gasteiger partial charge >= 0.3 is 0 Å². The van der Waals surface area contributed by atoms with Gasteiger partial charge in [-0.15, -0.1) is 0 Å². The summed E-state index contributed by atoms with van der Waals surface area (Å²) in [4.78, 5) is 2.19. The van der Waals surface area contributed by atoms with Crippen LogP contribution in [0.25, 0.3) is 0 Å². The van der Waals surface area contributed by atoms with Crippen molar-refractivity contribution in [3.8, 4) is 0 Å². The third-order valence-corrected chi connectivity index (χ3v) is 3.94. The second-order valence-electron chi connectivity index (χ2n) is 5.99. The number of hydrogen-bond donors (Lipinski definition) is 1. The van der Waals surface area contributed by atoms with Crippen molar-refractivity contribution in [3.63, 3.8) is 0 Å². The van der Waals surface area contributed by atoms with Crippen molar-refractivity contribution in [1.29, 1.82) is 0 Å². The van der Waals surface area contributed by atoms with Gasteiger partial charge in [-0.25, -0.2) is 0 Å². The van der Waals surface area contributed by atoms with Crippen LogP contribution in [0.2, 0.25) is 0 Å². The number of benzene rings is 1. The molecule has 1 unspecified atom stereocenters. The van der Waals surface area contributed by atoms with E-state index in [1.165, 1.54) is 5.69 Å². The first-order valence-corrected chi connectivity index (χ1v) is 8.30. The summed E-state index contributed by atoms with van der Waals surface area (Å²) in [5.74, 6) is 0. The molecule has 0 radical (unpaired) electrons. The molecule has 0 aliphatic rings. The van der Waals surface area contributed by atoms with Crippen LogP contribution in [0.5, 0.6) is 0 Å². The molecule has 0 aliphatic heterocycles. The van der Waals surface area contributed by atoms with Crippen molar-refractivity contribution >= 4 is 0 Å². The average molecular weight is 332 g/mol. The third kappa shape index (κ3) is 6.45. The van der Waals surface area contributed by atoms with E-state index in [0.717, 1.165) is 18.7 Å². The first-order chi connectivity index (χ1) is 11.7. The molecular formula is C19H28N2O3. The number of rotatable bonds is 11. The van der Waals surface area contributed by atoms with Crippen molar-refractivity contribution in [2.24, 2.45) is 7.05 Å². The molecule has 0 fully saturated rings. The van der Waals surface area contributed by atoms with Gasteiger partial charge in [-0.05, 0) is 17.7 Å². The van der Waals surface area contributed by atoms with Gasteiger partial charge in [0.15, 0.2) is 0 Å². The Morgan fingerprint density at radius 2 is 1.96 bits per heavy atom. The van der Waals surface area contributed by atoms with Crippen LogP contribution in [0, 0.1) is 0 Å². The van der Waals surface area contributed by atoms with Gasteiger partial charge in [0, 0.05) is 45.7 Å². The Bertz CT molecular complexity index is 571. The Balaban J connectivity index is 1.78. The number of aliphatic hydroxyl groups is 1. The van der Waals surface area contributed by atoms with Crippen molar-refractivity contribution in [2.75, 3.05) is 33.4 Å². The Kier molecular flexibility index (Phi) is 7.98. The molecule has 24 heavy (non-hydrogen) atoms. The maximum atomic E-state index is 10.3. The molecule has 1 aromatic heterocycles. The van der Waals surface area contributed by atoms with Gasteiger partial charge in [0.25, 0.3) is 0 Å². The number of aromatic nitrogens is 1. The number of methoxy groups -OCH3 is 1. The molecule has 2 aromatic rings. The van der Waals surface area contributed by atoms with Gasteiger partial charge in [0.2, 0.25) is 0 Å². The highest BCUT2D eigenvalue weighted by Gasteiger charge is 2.13. The molecular weight excluding hydrogens is 304 g/mol. The summed E-state index contributed by atoms with van der Waals surface area (Å²) in [5, 5.41) is 10.3. The standard InChI is InChI=1S/C19H28N2O3/c1-20-10-6-9-18(20)13-21(11-12-23-2)14-19(22)16-24-15-17-7-4-3-5-8-17/h3-10,19,22H,11-16H2,1-2H3. The zero-order valence-electron chi connectivity index (χ0n) is 14.6. The van der Waals surface area contributed by atoms with Crippen molar-refractivity contribution < 1.29 is 14.6 Å². The predicted molar refractivity (Wildman–Crippen MR) is 94.7 cm³/mol. The van der Waals surface area contributed by atoms with Crippen molar-refractivity contribution in [3.05, 3.63) is 59.9 Å². The lowest BCUT2D eigenvalue weighted by Gasteiger charge is -2.25. The molecule has 0 saturated heterocycles. The van der Waals surface area contributed by atoms with E-state index in [1.54, 1.807) is 7.11 Å². The maximum absolute atomic E-state index is 10.3. The van der Waals surface area contributed by atoms with E-state index in [-0.39, 0.29) is 0 Å². The summed E-state index contributed by atoms with van der Waals surface area (Å²) >= 11 is 0. The van der Waals surface area contributed by atoms with E-state index in [9.17, 15) is 5.11 Å². The Morgan fingerprint density at radius 1 is 1.17 bits per heavy atom. The summed E-state index contributed by atoms with van der Waals surface area (Å²) < 4.78 is 12.9. The van der Waals surface area contributed by atoms with Crippen LogP contribution in [0.15, 0.2) is 48.7 Å². The van der Waals surface area contributed by atoms with E-state index in [4.69, 9.17) is 9.47 Å². The Hall–Kier alpha value is -1.66. The molecule has 0 spiro atoms. The lowest BCUT2D eigenvalue weighted by molar-refractivity contribution is 0.00446. The molecule has 5 heteroatoms. The summed E-state index contributed by atoms with van der Waals surface area (Å²) in [5.41, 5.74) is 2.33. The van der Waals surface area contributed by atoms with E-state index in [0.29, 0.717) is 26.4 Å². The van der Waals surface area contributed by atoms with E-state index >= 15 is 0 Å². The highest BCUT2D eigenvalue weighted by molar-refractivity contribution is 5.13. The summed E-state index contributed by atoms with van der Waals surface area (Å²) in [6.07, 6.45) is 1.51. The SMILES string of the molecule is COCCN(Cc1cccn1C)CC(O)COCc1ccccc1. The van der Waals surface area contributed by atoms with Gasteiger partial charge in [0.1, 0.15) is 0 Å². The summed E-state index contributed by atoms with van der Waals surface area (Å²) in [7, 11) is 3.73. The number of ether oxygens (including phenoxy) is 2. The molecule has 1 aromatic carbocycles. The normalized spacial score (nSPS) is 12.7. The molecule has 0 saturated carbocycles. The van der Waals surface area contributed by atoms with Crippen LogP contribution in [0.3, 0.4) is 0 Å². The van der Waals surface area contributed by atoms with Crippen molar-refractivity contribution in [1.82, 2.24) is 9.47 Å². The first kappa shape index (κ1) is 18.7. The van der Waals surface area contributed by atoms with Gasteiger partial charge < -0.3 is 19.1 Å². The van der Waals surface area contributed by atoms with Crippen LogP contribution in [0.1, 0.15) is 11.3 Å². The minimum Gasteiger partial charge on any atom is -0.389 e. The van der Waals surface area contributed by atoms with E-state index in [2.05, 4.69) is 15.5 Å². The molecule has 1 atom stereocenters. The predicted octanol–water partition coefficient (Wildman–Crippen LogP) is 2.05. The Labute approximate surface area is 144 Å². The minimum absolute atomic E-state index is 0.325. The zero-order chi connectivity index (χ0) is 17.2. The number of aryl methyl sites for hydroxylation is 1. The quantitative estimate of drug-likeness (QED) is 0.684. The summed E-state index contributed by atoms with van der Waals surface area (Å²) in [6.45, 7) is 3.60. The molecule has 0 bridgehead atoms. The first-order valence-electron chi connectivity index (χ1n) is 8.30. The second kappa shape index (κ2) is 10.3. The lowest BCUT2D eigenvalue weighted by atomic mass is 10.2. The molecule has 0 amide bonds. The number of nitrogens with zero attached hydrogens (tertiary/aromatic N) is 2. The van der Waals surface area contributed by atoms with Gasteiger partial charge in [-0.1, -0.05) is 30.3 Å². The second-order valence-corrected chi connectivity index (χ2v) is 5.99. The van der Waals surface area contributed by atoms with Crippen LogP contribution in [-0.4, -0.2) is 54.1 Å². The molecule has 5 nitrogen and oxygen atoms in total. The van der Waals surface area contributed by atoms with Gasteiger partial charge in [0.05, 0.1) is 25.9 Å². The fraction of sp³-hybridized carbons (Fsp3) is 0.474. The van der Waals surface area contributed by atoms with Gasteiger partial charge in [-0.3, -0.25) is 4.90 Å². The third-order valence-electron chi connectivity index (χ3n) is 3.94. The largest absolute Gasteiger partial charge is 0.389 e. The van der Waals surface area contributed by atoms with Crippen LogP contribution in [0.4, 0.5) is 0 Å². The minimum atomic E-state index is -0.522. The number of hydrogen-bond acceptors (Lipinski definition) is 4. The average Bonchev–Trinajstić information content (AvgIpc) is 2.98. The highest BCUT2D eigenvalue weighted by atomic mass is 16.5. The Morgan fingerprint density at radius 3 is 2.62 bits per heavy atom. The van der Waals surface area contributed by atoms with Crippen LogP contribution in [-0.2, 0) is 29.7 Å². The monoisotopic (exact) mass is 332 g/mol.